The van der Waals surface area contributed by atoms with Gasteiger partial charge in [-0.25, -0.2) is 5.48 Å². The van der Waals surface area contributed by atoms with Crippen molar-refractivity contribution in [3.8, 4) is 0 Å². The molecule has 0 heterocycles. The second-order valence-corrected chi connectivity index (χ2v) is 5.09. The molecule has 0 saturated heterocycles. The number of carbonyl (C=O) groups is 1. The molecule has 1 amide bonds. The zero-order valence-corrected chi connectivity index (χ0v) is 11.3. The number of hydroxylamine groups is 1. The highest BCUT2D eigenvalue weighted by molar-refractivity contribution is 5.85. The molecule has 19 heavy (non-hydrogen) atoms. The molecule has 2 aromatic rings. The third-order valence-corrected chi connectivity index (χ3v) is 2.78. The van der Waals surface area contributed by atoms with Crippen molar-refractivity contribution in [1.82, 2.24) is 5.48 Å². The van der Waals surface area contributed by atoms with Crippen molar-refractivity contribution in [3.63, 3.8) is 0 Å². The van der Waals surface area contributed by atoms with Gasteiger partial charge in [0.1, 0.15) is 0 Å². The van der Waals surface area contributed by atoms with E-state index in [2.05, 4.69) is 11.5 Å². The quantitative estimate of drug-likeness (QED) is 0.836. The number of benzene rings is 2. The predicted molar refractivity (Wildman–Crippen MR) is 76.6 cm³/mol. The molecule has 0 aliphatic heterocycles. The summed E-state index contributed by atoms with van der Waals surface area (Å²) >= 11 is 0. The molecule has 0 bridgehead atoms. The zero-order valence-electron chi connectivity index (χ0n) is 11.3. The number of nitrogens with one attached hydrogen (secondary N) is 1. The average Bonchev–Trinajstić information content (AvgIpc) is 2.38. The van der Waals surface area contributed by atoms with E-state index in [0.29, 0.717) is 18.9 Å². The van der Waals surface area contributed by atoms with Crippen molar-refractivity contribution in [1.29, 1.82) is 0 Å². The SMILES string of the molecule is CC(C)CONC(=O)Cc1ccc2ccccc2c1. The van der Waals surface area contributed by atoms with Crippen LogP contribution >= 0.6 is 0 Å². The summed E-state index contributed by atoms with van der Waals surface area (Å²) in [5, 5.41) is 2.33. The molecule has 1 N–H and O–H groups in total. The van der Waals surface area contributed by atoms with Crippen LogP contribution in [0.3, 0.4) is 0 Å². The van der Waals surface area contributed by atoms with Gasteiger partial charge in [0, 0.05) is 0 Å². The normalized spacial score (nSPS) is 10.9. The zero-order chi connectivity index (χ0) is 13.7. The first-order valence-corrected chi connectivity index (χ1v) is 6.53. The molecule has 0 aromatic heterocycles. The Morgan fingerprint density at radius 2 is 1.89 bits per heavy atom. The predicted octanol–water partition coefficient (Wildman–Crippen LogP) is 3.09. The number of hydrogen-bond donors (Lipinski definition) is 1. The Hall–Kier alpha value is -1.87. The Balaban J connectivity index is 1.95. The summed E-state index contributed by atoms with van der Waals surface area (Å²) in [6.45, 7) is 4.61. The summed E-state index contributed by atoms with van der Waals surface area (Å²) in [5.41, 5.74) is 3.46. The van der Waals surface area contributed by atoms with E-state index in [9.17, 15) is 4.79 Å². The minimum atomic E-state index is -0.115. The van der Waals surface area contributed by atoms with Crippen molar-refractivity contribution in [2.75, 3.05) is 6.61 Å². The molecule has 2 aromatic carbocycles. The highest BCUT2D eigenvalue weighted by Crippen LogP contribution is 2.15. The van der Waals surface area contributed by atoms with E-state index in [0.717, 1.165) is 10.9 Å². The topological polar surface area (TPSA) is 38.3 Å². The summed E-state index contributed by atoms with van der Waals surface area (Å²) in [4.78, 5) is 16.8. The molecule has 0 spiro atoms. The van der Waals surface area contributed by atoms with Gasteiger partial charge in [-0.15, -0.1) is 0 Å². The van der Waals surface area contributed by atoms with Crippen LogP contribution in [-0.4, -0.2) is 12.5 Å². The van der Waals surface area contributed by atoms with E-state index in [1.54, 1.807) is 0 Å². The maximum atomic E-state index is 11.7. The maximum absolute atomic E-state index is 11.7. The van der Waals surface area contributed by atoms with Gasteiger partial charge >= 0.3 is 0 Å². The van der Waals surface area contributed by atoms with Crippen LogP contribution in [0.25, 0.3) is 10.8 Å². The number of fused-ring (bicyclic) bond motifs is 1. The van der Waals surface area contributed by atoms with Gasteiger partial charge in [-0.1, -0.05) is 56.3 Å². The molecule has 2 rings (SSSR count). The summed E-state index contributed by atoms with van der Waals surface area (Å²) in [6, 6.07) is 14.2. The van der Waals surface area contributed by atoms with Gasteiger partial charge in [-0.3, -0.25) is 9.63 Å². The third-order valence-electron chi connectivity index (χ3n) is 2.78. The maximum Gasteiger partial charge on any atom is 0.247 e. The molecule has 0 radical (unpaired) electrons. The molecule has 0 saturated carbocycles. The van der Waals surface area contributed by atoms with Crippen LogP contribution < -0.4 is 5.48 Å². The van der Waals surface area contributed by atoms with Gasteiger partial charge in [0.25, 0.3) is 0 Å². The Labute approximate surface area is 113 Å². The van der Waals surface area contributed by atoms with Crippen molar-refractivity contribution < 1.29 is 9.63 Å². The fraction of sp³-hybridized carbons (Fsp3) is 0.312. The standard InChI is InChI=1S/C16H19NO2/c1-12(2)11-19-17-16(18)10-13-7-8-14-5-3-4-6-15(14)9-13/h3-9,12H,10-11H2,1-2H3,(H,17,18). The molecule has 3 nitrogen and oxygen atoms in total. The minimum Gasteiger partial charge on any atom is -0.273 e. The van der Waals surface area contributed by atoms with E-state index in [1.165, 1.54) is 5.39 Å². The van der Waals surface area contributed by atoms with Crippen molar-refractivity contribution in [2.45, 2.75) is 20.3 Å². The van der Waals surface area contributed by atoms with E-state index >= 15 is 0 Å². The molecule has 0 aliphatic rings. The van der Waals surface area contributed by atoms with Crippen molar-refractivity contribution in [3.05, 3.63) is 48.0 Å². The van der Waals surface area contributed by atoms with Crippen LogP contribution in [0.5, 0.6) is 0 Å². The van der Waals surface area contributed by atoms with Gasteiger partial charge in [0.05, 0.1) is 13.0 Å². The number of rotatable bonds is 5. The lowest BCUT2D eigenvalue weighted by Gasteiger charge is -2.08. The molecule has 3 heteroatoms. The summed E-state index contributed by atoms with van der Waals surface area (Å²) in [7, 11) is 0. The lowest BCUT2D eigenvalue weighted by atomic mass is 10.1. The number of amides is 1. The first-order chi connectivity index (χ1) is 9.15. The molecule has 0 aliphatic carbocycles. The molecule has 0 fully saturated rings. The molecular weight excluding hydrogens is 238 g/mol. The average molecular weight is 257 g/mol. The van der Waals surface area contributed by atoms with Gasteiger partial charge in [-0.05, 0) is 22.3 Å². The van der Waals surface area contributed by atoms with Crippen molar-refractivity contribution in [2.24, 2.45) is 5.92 Å². The summed E-state index contributed by atoms with van der Waals surface area (Å²) in [5.74, 6) is 0.289. The van der Waals surface area contributed by atoms with Gasteiger partial charge in [-0.2, -0.15) is 0 Å². The Morgan fingerprint density at radius 1 is 1.16 bits per heavy atom. The molecular formula is C16H19NO2. The lowest BCUT2D eigenvalue weighted by Crippen LogP contribution is -2.27. The molecule has 100 valence electrons. The molecule has 0 atom stereocenters. The minimum absolute atomic E-state index is 0.115. The van der Waals surface area contributed by atoms with E-state index < -0.39 is 0 Å². The van der Waals surface area contributed by atoms with E-state index in [-0.39, 0.29) is 5.91 Å². The van der Waals surface area contributed by atoms with Crippen LogP contribution in [0.2, 0.25) is 0 Å². The fourth-order valence-electron chi connectivity index (χ4n) is 1.86. The Kier molecular flexibility index (Phi) is 4.53. The van der Waals surface area contributed by atoms with Gasteiger partial charge < -0.3 is 0 Å². The van der Waals surface area contributed by atoms with Crippen LogP contribution in [-0.2, 0) is 16.1 Å². The first-order valence-electron chi connectivity index (χ1n) is 6.53. The summed E-state index contributed by atoms with van der Waals surface area (Å²) in [6.07, 6.45) is 0.336. The Bertz CT molecular complexity index is 563. The summed E-state index contributed by atoms with van der Waals surface area (Å²) < 4.78 is 0. The van der Waals surface area contributed by atoms with Gasteiger partial charge in [0.2, 0.25) is 5.91 Å². The second kappa shape index (κ2) is 6.34. The van der Waals surface area contributed by atoms with Crippen molar-refractivity contribution >= 4 is 16.7 Å². The second-order valence-electron chi connectivity index (χ2n) is 5.09. The largest absolute Gasteiger partial charge is 0.273 e. The van der Waals surface area contributed by atoms with Gasteiger partial charge in [0.15, 0.2) is 0 Å². The lowest BCUT2D eigenvalue weighted by molar-refractivity contribution is -0.133. The monoisotopic (exact) mass is 257 g/mol. The van der Waals surface area contributed by atoms with Crippen LogP contribution in [0.15, 0.2) is 42.5 Å². The van der Waals surface area contributed by atoms with E-state index in [4.69, 9.17) is 4.84 Å². The van der Waals surface area contributed by atoms with Crippen LogP contribution in [0.1, 0.15) is 19.4 Å². The fourth-order valence-corrected chi connectivity index (χ4v) is 1.86. The number of carbonyl (C=O) groups excluding carboxylic acids is 1. The van der Waals surface area contributed by atoms with Crippen LogP contribution in [0.4, 0.5) is 0 Å². The smallest absolute Gasteiger partial charge is 0.247 e. The number of hydrogen-bond acceptors (Lipinski definition) is 2. The third kappa shape index (κ3) is 4.07. The first kappa shape index (κ1) is 13.6. The molecule has 0 unspecified atom stereocenters. The van der Waals surface area contributed by atoms with Crippen LogP contribution in [0, 0.1) is 5.92 Å². The Morgan fingerprint density at radius 3 is 2.63 bits per heavy atom. The van der Waals surface area contributed by atoms with E-state index in [1.807, 2.05) is 50.2 Å². The highest BCUT2D eigenvalue weighted by atomic mass is 16.6. The highest BCUT2D eigenvalue weighted by Gasteiger charge is 2.04.